The number of benzene rings is 1. The fourth-order valence-electron chi connectivity index (χ4n) is 3.51. The van der Waals surface area contributed by atoms with Gasteiger partial charge in [-0.05, 0) is 29.2 Å². The van der Waals surface area contributed by atoms with Gasteiger partial charge < -0.3 is 30.3 Å². The number of pyridine rings is 1. The Morgan fingerprint density at radius 3 is 2.38 bits per heavy atom. The molecule has 0 aliphatic heterocycles. The maximum absolute atomic E-state index is 13.8. The van der Waals surface area contributed by atoms with Gasteiger partial charge in [0.1, 0.15) is 5.82 Å². The Morgan fingerprint density at radius 1 is 1.21 bits per heavy atom. The Hall–Kier alpha value is -1.65. The minimum atomic E-state index is -3.09. The zero-order valence-electron chi connectivity index (χ0n) is 25.0. The van der Waals surface area contributed by atoms with Gasteiger partial charge in [-0.2, -0.15) is 0 Å². The molecule has 1 aromatic carbocycles. The summed E-state index contributed by atoms with van der Waals surface area (Å²) in [5, 5.41) is 51.2. The molecule has 0 fully saturated rings. The van der Waals surface area contributed by atoms with Gasteiger partial charge in [-0.25, -0.2) is 4.39 Å². The molecule has 9 heteroatoms. The van der Waals surface area contributed by atoms with Crippen molar-refractivity contribution in [2.75, 3.05) is 6.61 Å². The third-order valence-corrected chi connectivity index (χ3v) is 5.10. The van der Waals surface area contributed by atoms with E-state index < -0.39 is 81.3 Å². The van der Waals surface area contributed by atoms with Gasteiger partial charge in [0, 0.05) is 44.1 Å². The van der Waals surface area contributed by atoms with E-state index in [1.54, 1.807) is 0 Å². The van der Waals surface area contributed by atoms with Gasteiger partial charge in [0.05, 0.1) is 36.8 Å². The van der Waals surface area contributed by atoms with Crippen LogP contribution in [0.15, 0.2) is 30.3 Å². The van der Waals surface area contributed by atoms with E-state index in [0.29, 0.717) is 0 Å². The summed E-state index contributed by atoms with van der Waals surface area (Å²) < 4.78 is 61.7. The average molecular weight is 490 g/mol. The van der Waals surface area contributed by atoms with Crippen LogP contribution in [0, 0.1) is 5.82 Å². The Morgan fingerprint density at radius 2 is 1.85 bits per heavy atom. The number of aliphatic hydroxyl groups is 4. The first kappa shape index (κ1) is 21.6. The Bertz CT molecular complexity index is 1160. The normalized spacial score (nSPS) is 17.5. The zero-order valence-corrected chi connectivity index (χ0v) is 21.0. The molecule has 0 radical (unpaired) electrons. The van der Waals surface area contributed by atoms with Crippen molar-refractivity contribution in [2.24, 2.45) is 0 Å². The predicted molar refractivity (Wildman–Crippen MR) is 120 cm³/mol. The molecule has 0 aliphatic rings. The number of hydrogen-bond acceptors (Lipinski definition) is 7. The molecule has 34 heavy (non-hydrogen) atoms. The molecule has 2 rings (SSSR count). The van der Waals surface area contributed by atoms with Crippen LogP contribution in [0.3, 0.4) is 0 Å². The minimum Gasteiger partial charge on any atom is -0.550 e. The second-order valence-corrected chi connectivity index (χ2v) is 7.72. The standard InChI is InChI=1S/C25H32FNO6.Na/c1-14(2)24-20(9-8-18(30)10-19(31)11-22(32)33)23(16-4-6-17(26)7-5-16)21(13-29)25(27-24)15(3)12-28;/h4-9,14-15,18-19,28-31H,10-13H2,1-3H3,(H,32,33);/q;+1/p-1/b9-8+;/t15-,18-,19-;/m1./s1/i1D3,2D3;. The van der Waals surface area contributed by atoms with E-state index in [1.807, 2.05) is 0 Å². The number of aromatic nitrogens is 1. The summed E-state index contributed by atoms with van der Waals surface area (Å²) >= 11 is 0. The summed E-state index contributed by atoms with van der Waals surface area (Å²) in [5.41, 5.74) is -0.0138. The summed E-state index contributed by atoms with van der Waals surface area (Å²) in [6.07, 6.45) is -1.84. The third-order valence-electron chi connectivity index (χ3n) is 5.10. The summed E-state index contributed by atoms with van der Waals surface area (Å²) in [6.45, 7) is -5.79. The van der Waals surface area contributed by atoms with Crippen LogP contribution in [0.25, 0.3) is 17.2 Å². The van der Waals surface area contributed by atoms with E-state index in [-0.39, 0.29) is 57.5 Å². The molecular formula is C25H31FNNaO6. The van der Waals surface area contributed by atoms with Crippen molar-refractivity contribution in [3.63, 3.8) is 0 Å². The quantitative estimate of drug-likeness (QED) is 0.294. The van der Waals surface area contributed by atoms with E-state index in [4.69, 9.17) is 8.22 Å². The second kappa shape index (κ2) is 14.0. The van der Waals surface area contributed by atoms with E-state index >= 15 is 0 Å². The number of rotatable bonds is 11. The van der Waals surface area contributed by atoms with Gasteiger partial charge in [0.2, 0.25) is 0 Å². The first-order valence-corrected chi connectivity index (χ1v) is 10.3. The van der Waals surface area contributed by atoms with Crippen molar-refractivity contribution in [1.82, 2.24) is 4.98 Å². The smallest absolute Gasteiger partial charge is 0.550 e. The number of halogens is 1. The predicted octanol–water partition coefficient (Wildman–Crippen LogP) is -1.13. The molecule has 0 amide bonds. The Labute approximate surface area is 229 Å². The Kier molecular flexibility index (Phi) is 8.93. The van der Waals surface area contributed by atoms with Crippen molar-refractivity contribution in [2.45, 2.75) is 64.1 Å². The largest absolute Gasteiger partial charge is 1.00 e. The second-order valence-electron chi connectivity index (χ2n) is 7.72. The maximum Gasteiger partial charge on any atom is 1.00 e. The molecular weight excluding hydrogens is 452 g/mol. The molecule has 0 unspecified atom stereocenters. The number of hydrogen-bond donors (Lipinski definition) is 4. The van der Waals surface area contributed by atoms with Crippen molar-refractivity contribution in [1.29, 1.82) is 0 Å². The summed E-state index contributed by atoms with van der Waals surface area (Å²) in [5.74, 6) is -5.03. The number of carbonyl (C=O) groups excluding carboxylic acids is 1. The molecule has 0 bridgehead atoms. The van der Waals surface area contributed by atoms with Crippen LogP contribution < -0.4 is 34.7 Å². The van der Waals surface area contributed by atoms with Crippen LogP contribution in [0.5, 0.6) is 0 Å². The number of carboxylic acids is 1. The van der Waals surface area contributed by atoms with Gasteiger partial charge in [-0.1, -0.05) is 44.9 Å². The van der Waals surface area contributed by atoms with Gasteiger partial charge in [0.25, 0.3) is 0 Å². The van der Waals surface area contributed by atoms with Crippen molar-refractivity contribution in [3.8, 4) is 11.1 Å². The van der Waals surface area contributed by atoms with Crippen molar-refractivity contribution in [3.05, 3.63) is 58.7 Å². The first-order valence-electron chi connectivity index (χ1n) is 13.3. The van der Waals surface area contributed by atoms with Crippen LogP contribution >= 0.6 is 0 Å². The molecule has 0 aliphatic carbocycles. The van der Waals surface area contributed by atoms with E-state index in [1.165, 1.54) is 25.1 Å². The van der Waals surface area contributed by atoms with Gasteiger partial charge >= 0.3 is 29.6 Å². The monoisotopic (exact) mass is 489 g/mol. The van der Waals surface area contributed by atoms with Crippen LogP contribution in [0.4, 0.5) is 4.39 Å². The molecule has 7 nitrogen and oxygen atoms in total. The summed E-state index contributed by atoms with van der Waals surface area (Å²) in [6, 6.07) is 4.88. The molecule has 0 saturated carbocycles. The molecule has 2 aromatic rings. The van der Waals surface area contributed by atoms with Crippen LogP contribution in [0.1, 0.15) is 76.0 Å². The average Bonchev–Trinajstić information content (AvgIpc) is 2.80. The van der Waals surface area contributed by atoms with Gasteiger partial charge in [-0.15, -0.1) is 0 Å². The van der Waals surface area contributed by atoms with Crippen LogP contribution in [-0.2, 0) is 11.4 Å². The molecule has 1 heterocycles. The molecule has 1 aromatic heterocycles. The minimum absolute atomic E-state index is 0. The summed E-state index contributed by atoms with van der Waals surface area (Å²) in [7, 11) is 0. The zero-order chi connectivity index (χ0) is 29.7. The van der Waals surface area contributed by atoms with Gasteiger partial charge in [-0.3, -0.25) is 4.98 Å². The third kappa shape index (κ3) is 7.95. The fourth-order valence-corrected chi connectivity index (χ4v) is 3.51. The maximum atomic E-state index is 13.8. The Balaban J connectivity index is 0.00000800. The number of carbonyl (C=O) groups is 1. The number of carboxylic acid groups (broad SMARTS) is 1. The van der Waals surface area contributed by atoms with Gasteiger partial charge in [0.15, 0.2) is 0 Å². The van der Waals surface area contributed by atoms with Crippen molar-refractivity contribution >= 4 is 12.0 Å². The van der Waals surface area contributed by atoms with Crippen LogP contribution in [0.2, 0.25) is 0 Å². The number of aliphatic hydroxyl groups excluding tert-OH is 4. The molecule has 4 N–H and O–H groups in total. The molecule has 0 spiro atoms. The fraction of sp³-hybridized carbons (Fsp3) is 0.440. The summed E-state index contributed by atoms with van der Waals surface area (Å²) in [4.78, 5) is 15.1. The molecule has 0 saturated heterocycles. The first-order chi connectivity index (χ1) is 18.0. The van der Waals surface area contributed by atoms with E-state index in [2.05, 4.69) is 4.98 Å². The van der Waals surface area contributed by atoms with Crippen molar-refractivity contribution < 1.29 is 72.5 Å². The molecule has 3 atom stereocenters. The van der Waals surface area contributed by atoms with Crippen LogP contribution in [-0.4, -0.2) is 50.2 Å². The SMILES string of the molecule is [2H]C([2H])([2H])C(c1nc([C@H](C)CO)c(CO)c(-c2ccc(F)cc2)c1/C=C/[C@@H](O)C[C@@H](O)CC(=O)[O-])C([2H])([2H])[2H].[Na+]. The molecule has 180 valence electrons. The topological polar surface area (TPSA) is 134 Å². The van der Waals surface area contributed by atoms with E-state index in [0.717, 1.165) is 18.2 Å². The van der Waals surface area contributed by atoms with E-state index in [9.17, 15) is 34.7 Å². The number of nitrogens with zero attached hydrogens (tertiary/aromatic N) is 1. The number of aliphatic carboxylic acids is 1.